The van der Waals surface area contributed by atoms with Crippen molar-refractivity contribution in [3.05, 3.63) is 34.8 Å². The molecule has 0 spiro atoms. The van der Waals surface area contributed by atoms with Crippen LogP contribution < -0.4 is 5.76 Å². The first kappa shape index (κ1) is 15.9. The van der Waals surface area contributed by atoms with Crippen LogP contribution in [-0.2, 0) is 11.4 Å². The Morgan fingerprint density at radius 3 is 2.54 bits per heavy atom. The van der Waals surface area contributed by atoms with Gasteiger partial charge in [-0.2, -0.15) is 0 Å². The molecule has 1 aromatic heterocycles. The fourth-order valence-corrected chi connectivity index (χ4v) is 3.81. The molecule has 2 aliphatic heterocycles. The summed E-state index contributed by atoms with van der Waals surface area (Å²) in [6.45, 7) is 7.77. The smallest absolute Gasteiger partial charge is 0.408 e. The van der Waals surface area contributed by atoms with Gasteiger partial charge in [0.05, 0.1) is 25.4 Å². The highest BCUT2D eigenvalue weighted by Crippen LogP contribution is 2.20. The number of nitrogens with zero attached hydrogens (tertiary/aromatic N) is 3. The summed E-state index contributed by atoms with van der Waals surface area (Å²) in [5.74, 6) is 0.504. The van der Waals surface area contributed by atoms with E-state index in [4.69, 9.17) is 9.15 Å². The number of hydrogen-bond acceptors (Lipinski definition) is 5. The third-order valence-corrected chi connectivity index (χ3v) is 5.24. The van der Waals surface area contributed by atoms with Crippen molar-refractivity contribution in [1.82, 2.24) is 14.4 Å². The number of likely N-dealkylation sites (tertiary alicyclic amines) is 1. The maximum Gasteiger partial charge on any atom is 0.421 e. The second-order valence-corrected chi connectivity index (χ2v) is 6.88. The number of rotatable bonds is 4. The molecule has 0 bridgehead atoms. The van der Waals surface area contributed by atoms with Crippen molar-refractivity contribution < 1.29 is 9.15 Å². The van der Waals surface area contributed by atoms with Gasteiger partial charge in [-0.15, -0.1) is 0 Å². The van der Waals surface area contributed by atoms with Gasteiger partial charge in [0.2, 0.25) is 0 Å². The van der Waals surface area contributed by atoms with E-state index in [0.29, 0.717) is 12.3 Å². The molecule has 4 rings (SSSR count). The topological polar surface area (TPSA) is 50.9 Å². The van der Waals surface area contributed by atoms with E-state index in [1.807, 2.05) is 24.3 Å². The van der Waals surface area contributed by atoms with E-state index in [0.717, 1.165) is 50.8 Å². The molecule has 2 fully saturated rings. The summed E-state index contributed by atoms with van der Waals surface area (Å²) in [5.41, 5.74) is 1.56. The minimum Gasteiger partial charge on any atom is -0.408 e. The first-order valence-corrected chi connectivity index (χ1v) is 8.90. The molecule has 0 N–H and O–H groups in total. The van der Waals surface area contributed by atoms with Gasteiger partial charge < -0.3 is 9.15 Å². The van der Waals surface area contributed by atoms with Crippen LogP contribution in [0.1, 0.15) is 12.8 Å². The number of morpholine rings is 1. The molecule has 0 radical (unpaired) electrons. The zero-order valence-corrected chi connectivity index (χ0v) is 14.0. The number of aromatic nitrogens is 1. The summed E-state index contributed by atoms with van der Waals surface area (Å²) in [4.78, 5) is 17.0. The number of benzene rings is 1. The van der Waals surface area contributed by atoms with Crippen molar-refractivity contribution in [3.8, 4) is 0 Å². The molecule has 130 valence electrons. The molecule has 0 amide bonds. The summed E-state index contributed by atoms with van der Waals surface area (Å²) >= 11 is 0. The van der Waals surface area contributed by atoms with Crippen LogP contribution in [0, 0.1) is 5.92 Å². The molecule has 0 unspecified atom stereocenters. The van der Waals surface area contributed by atoms with Crippen molar-refractivity contribution in [1.29, 1.82) is 0 Å². The van der Waals surface area contributed by atoms with Crippen LogP contribution in [0.2, 0.25) is 0 Å². The van der Waals surface area contributed by atoms with Gasteiger partial charge in [-0.05, 0) is 30.9 Å². The first-order chi connectivity index (χ1) is 11.8. The Bertz CT molecular complexity index is 724. The van der Waals surface area contributed by atoms with Gasteiger partial charge >= 0.3 is 5.76 Å². The van der Waals surface area contributed by atoms with Crippen molar-refractivity contribution in [2.24, 2.45) is 5.92 Å². The number of para-hydroxylation sites is 2. The van der Waals surface area contributed by atoms with Gasteiger partial charge in [-0.1, -0.05) is 12.1 Å². The molecule has 24 heavy (non-hydrogen) atoms. The Labute approximate surface area is 141 Å². The standard InChI is InChI=1S/C18H25N3O3/c22-18-21(16-3-1-2-4-17(16)24-18)14-20-7-5-15(6-8-20)13-19-9-11-23-12-10-19/h1-4,15H,5-14H2. The van der Waals surface area contributed by atoms with Crippen molar-refractivity contribution in [2.75, 3.05) is 45.9 Å². The number of hydrogen-bond donors (Lipinski definition) is 0. The van der Waals surface area contributed by atoms with Gasteiger partial charge in [0.25, 0.3) is 0 Å². The monoisotopic (exact) mass is 331 g/mol. The van der Waals surface area contributed by atoms with Crippen LogP contribution in [0.3, 0.4) is 0 Å². The second-order valence-electron chi connectivity index (χ2n) is 6.88. The second kappa shape index (κ2) is 7.09. The Hall–Kier alpha value is -1.63. The molecule has 2 aliphatic rings. The molecule has 3 heterocycles. The zero-order chi connectivity index (χ0) is 16.4. The highest BCUT2D eigenvalue weighted by Gasteiger charge is 2.23. The number of ether oxygens (including phenoxy) is 1. The van der Waals surface area contributed by atoms with Gasteiger partial charge in [-0.3, -0.25) is 14.4 Å². The summed E-state index contributed by atoms with van der Waals surface area (Å²) in [6, 6.07) is 7.64. The quantitative estimate of drug-likeness (QED) is 0.852. The summed E-state index contributed by atoms with van der Waals surface area (Å²) in [7, 11) is 0. The summed E-state index contributed by atoms with van der Waals surface area (Å²) in [6.07, 6.45) is 2.39. The lowest BCUT2D eigenvalue weighted by Crippen LogP contribution is -2.43. The third-order valence-electron chi connectivity index (χ3n) is 5.24. The average molecular weight is 331 g/mol. The normalized spacial score (nSPS) is 21.5. The summed E-state index contributed by atoms with van der Waals surface area (Å²) in [5, 5.41) is 0. The minimum absolute atomic E-state index is 0.258. The SMILES string of the molecule is O=c1oc2ccccc2n1CN1CCC(CN2CCOCC2)CC1. The van der Waals surface area contributed by atoms with E-state index in [9.17, 15) is 4.79 Å². The summed E-state index contributed by atoms with van der Waals surface area (Å²) < 4.78 is 12.5. The number of oxazole rings is 1. The maximum absolute atomic E-state index is 12.1. The fraction of sp³-hybridized carbons (Fsp3) is 0.611. The molecule has 0 atom stereocenters. The van der Waals surface area contributed by atoms with E-state index in [-0.39, 0.29) is 5.76 Å². The Morgan fingerprint density at radius 1 is 1.00 bits per heavy atom. The maximum atomic E-state index is 12.1. The van der Waals surface area contributed by atoms with Gasteiger partial charge in [0.1, 0.15) is 0 Å². The Balaban J connectivity index is 1.34. The zero-order valence-electron chi connectivity index (χ0n) is 14.0. The molecule has 6 heteroatoms. The molecule has 1 aromatic carbocycles. The van der Waals surface area contributed by atoms with Gasteiger partial charge in [-0.25, -0.2) is 4.79 Å². The van der Waals surface area contributed by atoms with E-state index in [1.54, 1.807) is 4.57 Å². The van der Waals surface area contributed by atoms with Gasteiger partial charge in [0, 0.05) is 32.7 Å². The lowest BCUT2D eigenvalue weighted by atomic mass is 9.96. The average Bonchev–Trinajstić information content (AvgIpc) is 2.93. The molecular weight excluding hydrogens is 306 g/mol. The van der Waals surface area contributed by atoms with Crippen molar-refractivity contribution in [2.45, 2.75) is 19.5 Å². The highest BCUT2D eigenvalue weighted by atomic mass is 16.5. The van der Waals surface area contributed by atoms with Crippen LogP contribution >= 0.6 is 0 Å². The van der Waals surface area contributed by atoms with E-state index >= 15 is 0 Å². The van der Waals surface area contributed by atoms with Crippen LogP contribution in [0.25, 0.3) is 11.1 Å². The molecule has 0 saturated carbocycles. The van der Waals surface area contributed by atoms with Crippen LogP contribution in [0.5, 0.6) is 0 Å². The van der Waals surface area contributed by atoms with E-state index < -0.39 is 0 Å². The number of piperidine rings is 1. The lowest BCUT2D eigenvalue weighted by Gasteiger charge is -2.35. The number of fused-ring (bicyclic) bond motifs is 1. The lowest BCUT2D eigenvalue weighted by molar-refractivity contribution is 0.0230. The minimum atomic E-state index is -0.258. The van der Waals surface area contributed by atoms with Gasteiger partial charge in [0.15, 0.2) is 5.58 Å². The van der Waals surface area contributed by atoms with Crippen LogP contribution in [0.4, 0.5) is 0 Å². The Morgan fingerprint density at radius 2 is 1.75 bits per heavy atom. The predicted molar refractivity (Wildman–Crippen MR) is 92.0 cm³/mol. The van der Waals surface area contributed by atoms with Crippen LogP contribution in [-0.4, -0.2) is 60.3 Å². The first-order valence-electron chi connectivity index (χ1n) is 8.90. The molecule has 2 aromatic rings. The van der Waals surface area contributed by atoms with E-state index in [2.05, 4.69) is 9.80 Å². The molecular formula is C18H25N3O3. The predicted octanol–water partition coefficient (Wildman–Crippen LogP) is 1.60. The largest absolute Gasteiger partial charge is 0.421 e. The van der Waals surface area contributed by atoms with E-state index in [1.165, 1.54) is 19.4 Å². The van der Waals surface area contributed by atoms with Crippen molar-refractivity contribution >= 4 is 11.1 Å². The molecule has 0 aliphatic carbocycles. The highest BCUT2D eigenvalue weighted by molar-refractivity contribution is 5.72. The Kier molecular flexibility index (Phi) is 4.69. The third kappa shape index (κ3) is 3.41. The molecule has 6 nitrogen and oxygen atoms in total. The van der Waals surface area contributed by atoms with Crippen molar-refractivity contribution in [3.63, 3.8) is 0 Å². The molecule has 2 saturated heterocycles. The fourth-order valence-electron chi connectivity index (χ4n) is 3.81. The van der Waals surface area contributed by atoms with Crippen LogP contribution in [0.15, 0.2) is 33.5 Å².